The van der Waals surface area contributed by atoms with E-state index in [-0.39, 0.29) is 5.91 Å². The van der Waals surface area contributed by atoms with Crippen molar-refractivity contribution in [3.63, 3.8) is 0 Å². The summed E-state index contributed by atoms with van der Waals surface area (Å²) in [4.78, 5) is 12.6. The highest BCUT2D eigenvalue weighted by molar-refractivity contribution is 6.03. The normalized spacial score (nSPS) is 10.8. The molecule has 28 heavy (non-hydrogen) atoms. The maximum Gasteiger partial charge on any atom is 0.256 e. The number of amides is 1. The lowest BCUT2D eigenvalue weighted by atomic mass is 10.0. The lowest BCUT2D eigenvalue weighted by Gasteiger charge is -2.14. The summed E-state index contributed by atoms with van der Waals surface area (Å²) in [6.07, 6.45) is 1.66. The van der Waals surface area contributed by atoms with Gasteiger partial charge in [-0.25, -0.2) is 4.68 Å². The van der Waals surface area contributed by atoms with Crippen LogP contribution >= 0.6 is 0 Å². The SMILES string of the molecule is COc1cccc(Cn2nccc2NC(=O)c2ccc(C(C)C)cc2)c1OC. The van der Waals surface area contributed by atoms with Gasteiger partial charge in [-0.05, 0) is 29.7 Å². The second-order valence-corrected chi connectivity index (χ2v) is 6.76. The van der Waals surface area contributed by atoms with Gasteiger partial charge >= 0.3 is 0 Å². The number of aromatic nitrogens is 2. The average Bonchev–Trinajstić information content (AvgIpc) is 3.14. The third-order valence-electron chi connectivity index (χ3n) is 4.60. The van der Waals surface area contributed by atoms with Crippen LogP contribution < -0.4 is 14.8 Å². The van der Waals surface area contributed by atoms with Gasteiger partial charge in [0.2, 0.25) is 0 Å². The number of carbonyl (C=O) groups is 1. The molecule has 1 N–H and O–H groups in total. The van der Waals surface area contributed by atoms with E-state index in [2.05, 4.69) is 24.3 Å². The van der Waals surface area contributed by atoms with Gasteiger partial charge in [0.1, 0.15) is 5.82 Å². The van der Waals surface area contributed by atoms with E-state index in [1.54, 1.807) is 31.2 Å². The molecule has 0 radical (unpaired) electrons. The molecule has 6 heteroatoms. The maximum absolute atomic E-state index is 12.6. The van der Waals surface area contributed by atoms with Crippen molar-refractivity contribution in [3.8, 4) is 11.5 Å². The van der Waals surface area contributed by atoms with Crippen LogP contribution in [0.25, 0.3) is 0 Å². The molecule has 3 rings (SSSR count). The molecule has 0 saturated heterocycles. The first-order chi connectivity index (χ1) is 13.5. The molecule has 0 unspecified atom stereocenters. The van der Waals surface area contributed by atoms with Crippen LogP contribution in [0.3, 0.4) is 0 Å². The van der Waals surface area contributed by atoms with Gasteiger partial charge in [-0.2, -0.15) is 5.10 Å². The lowest BCUT2D eigenvalue weighted by molar-refractivity contribution is 0.102. The minimum Gasteiger partial charge on any atom is -0.493 e. The minimum atomic E-state index is -0.172. The van der Waals surface area contributed by atoms with E-state index in [9.17, 15) is 4.79 Å². The second kappa shape index (κ2) is 8.61. The Balaban J connectivity index is 1.78. The van der Waals surface area contributed by atoms with Crippen LogP contribution in [0, 0.1) is 0 Å². The van der Waals surface area contributed by atoms with Crippen LogP contribution in [0.2, 0.25) is 0 Å². The Morgan fingerprint density at radius 2 is 1.82 bits per heavy atom. The molecule has 0 bridgehead atoms. The van der Waals surface area contributed by atoms with Gasteiger partial charge in [0.05, 0.1) is 27.0 Å². The molecule has 0 atom stereocenters. The van der Waals surface area contributed by atoms with Crippen molar-refractivity contribution in [1.82, 2.24) is 9.78 Å². The summed E-state index contributed by atoms with van der Waals surface area (Å²) in [7, 11) is 3.21. The van der Waals surface area contributed by atoms with Crippen molar-refractivity contribution in [2.45, 2.75) is 26.3 Å². The molecule has 6 nitrogen and oxygen atoms in total. The lowest BCUT2D eigenvalue weighted by Crippen LogP contribution is -2.16. The van der Waals surface area contributed by atoms with Crippen LogP contribution in [-0.2, 0) is 6.54 Å². The first-order valence-electron chi connectivity index (χ1n) is 9.16. The van der Waals surface area contributed by atoms with Crippen molar-refractivity contribution in [1.29, 1.82) is 0 Å². The number of nitrogens with one attached hydrogen (secondary N) is 1. The zero-order valence-corrected chi connectivity index (χ0v) is 16.6. The van der Waals surface area contributed by atoms with E-state index < -0.39 is 0 Å². The Hall–Kier alpha value is -3.28. The van der Waals surface area contributed by atoms with Gasteiger partial charge in [-0.1, -0.05) is 38.1 Å². The molecule has 0 aliphatic carbocycles. The monoisotopic (exact) mass is 379 g/mol. The van der Waals surface area contributed by atoms with E-state index in [4.69, 9.17) is 9.47 Å². The van der Waals surface area contributed by atoms with E-state index >= 15 is 0 Å². The van der Waals surface area contributed by atoms with Crippen LogP contribution in [0.5, 0.6) is 11.5 Å². The first-order valence-corrected chi connectivity index (χ1v) is 9.16. The average molecular weight is 379 g/mol. The minimum absolute atomic E-state index is 0.172. The number of hydrogen-bond acceptors (Lipinski definition) is 4. The number of rotatable bonds is 7. The Morgan fingerprint density at radius 1 is 1.07 bits per heavy atom. The predicted molar refractivity (Wildman–Crippen MR) is 109 cm³/mol. The Labute approximate surface area is 165 Å². The fourth-order valence-corrected chi connectivity index (χ4v) is 3.01. The summed E-state index contributed by atoms with van der Waals surface area (Å²) in [5, 5.41) is 7.26. The number of anilines is 1. The number of nitrogens with zero attached hydrogens (tertiary/aromatic N) is 2. The molecule has 0 saturated carbocycles. The smallest absolute Gasteiger partial charge is 0.256 e. The van der Waals surface area contributed by atoms with Crippen LogP contribution in [0.4, 0.5) is 5.82 Å². The number of benzene rings is 2. The zero-order valence-electron chi connectivity index (χ0n) is 16.6. The maximum atomic E-state index is 12.6. The molecule has 0 fully saturated rings. The van der Waals surface area contributed by atoms with Crippen molar-refractivity contribution >= 4 is 11.7 Å². The topological polar surface area (TPSA) is 65.4 Å². The Bertz CT molecular complexity index is 946. The molecular weight excluding hydrogens is 354 g/mol. The predicted octanol–water partition coefficient (Wildman–Crippen LogP) is 4.32. The third kappa shape index (κ3) is 4.17. The number of hydrogen-bond donors (Lipinski definition) is 1. The summed E-state index contributed by atoms with van der Waals surface area (Å²) in [6, 6.07) is 15.1. The van der Waals surface area contributed by atoms with Crippen molar-refractivity contribution in [2.24, 2.45) is 0 Å². The Kier molecular flexibility index (Phi) is 5.99. The van der Waals surface area contributed by atoms with Gasteiger partial charge in [0.25, 0.3) is 5.91 Å². The van der Waals surface area contributed by atoms with Gasteiger partial charge < -0.3 is 14.8 Å². The molecule has 0 aliphatic heterocycles. The molecule has 1 heterocycles. The number of carbonyl (C=O) groups excluding carboxylic acids is 1. The van der Waals surface area contributed by atoms with Crippen molar-refractivity contribution < 1.29 is 14.3 Å². The number of methoxy groups -OCH3 is 2. The summed E-state index contributed by atoms with van der Waals surface area (Å²) in [6.45, 7) is 4.69. The van der Waals surface area contributed by atoms with Crippen molar-refractivity contribution in [2.75, 3.05) is 19.5 Å². The van der Waals surface area contributed by atoms with E-state index in [0.717, 1.165) is 5.56 Å². The van der Waals surface area contributed by atoms with Crippen molar-refractivity contribution in [3.05, 3.63) is 71.4 Å². The molecule has 2 aromatic carbocycles. The van der Waals surface area contributed by atoms with Crippen LogP contribution in [-0.4, -0.2) is 29.9 Å². The highest BCUT2D eigenvalue weighted by Crippen LogP contribution is 2.31. The highest BCUT2D eigenvalue weighted by Gasteiger charge is 2.14. The fraction of sp³-hybridized carbons (Fsp3) is 0.273. The quantitative estimate of drug-likeness (QED) is 0.664. The van der Waals surface area contributed by atoms with Crippen LogP contribution in [0.15, 0.2) is 54.7 Å². The molecule has 1 aromatic heterocycles. The number of ether oxygens (including phenoxy) is 2. The van der Waals surface area contributed by atoms with Gasteiger partial charge in [-0.15, -0.1) is 0 Å². The summed E-state index contributed by atoms with van der Waals surface area (Å²) >= 11 is 0. The van der Waals surface area contributed by atoms with Gasteiger partial charge in [0.15, 0.2) is 11.5 Å². The first kappa shape index (κ1) is 19.5. The van der Waals surface area contributed by atoms with E-state index in [0.29, 0.717) is 35.3 Å². The Morgan fingerprint density at radius 3 is 2.46 bits per heavy atom. The molecule has 0 spiro atoms. The molecule has 3 aromatic rings. The highest BCUT2D eigenvalue weighted by atomic mass is 16.5. The summed E-state index contributed by atoms with van der Waals surface area (Å²) in [5.41, 5.74) is 2.71. The van der Waals surface area contributed by atoms with Crippen LogP contribution in [0.1, 0.15) is 41.3 Å². The molecule has 146 valence electrons. The van der Waals surface area contributed by atoms with E-state index in [1.807, 2.05) is 42.5 Å². The molecular formula is C22H25N3O3. The summed E-state index contributed by atoms with van der Waals surface area (Å²) in [5.74, 6) is 2.18. The number of para-hydroxylation sites is 1. The van der Waals surface area contributed by atoms with Gasteiger partial charge in [0, 0.05) is 17.2 Å². The fourth-order valence-electron chi connectivity index (χ4n) is 3.01. The summed E-state index contributed by atoms with van der Waals surface area (Å²) < 4.78 is 12.6. The molecule has 1 amide bonds. The van der Waals surface area contributed by atoms with E-state index in [1.165, 1.54) is 5.56 Å². The largest absolute Gasteiger partial charge is 0.493 e. The third-order valence-corrected chi connectivity index (χ3v) is 4.60. The molecule has 0 aliphatic rings. The van der Waals surface area contributed by atoms with Gasteiger partial charge in [-0.3, -0.25) is 4.79 Å². The standard InChI is InChI=1S/C22H25N3O3/c1-15(2)16-8-10-17(11-9-16)22(26)24-20-12-13-23-25(20)14-18-6-5-7-19(27-3)21(18)28-4/h5-13,15H,14H2,1-4H3,(H,24,26). The second-order valence-electron chi connectivity index (χ2n) is 6.76. The zero-order chi connectivity index (χ0) is 20.1.